The lowest BCUT2D eigenvalue weighted by atomic mass is 9.89. The van der Waals surface area contributed by atoms with Crippen LogP contribution in [-0.2, 0) is 0 Å². The molecule has 1 aliphatic rings. The van der Waals surface area contributed by atoms with Gasteiger partial charge in [0, 0.05) is 21.7 Å². The topological polar surface area (TPSA) is 15.3 Å². The minimum atomic E-state index is 0.303. The van der Waals surface area contributed by atoms with Crippen LogP contribution in [0, 0.1) is 5.92 Å². The summed E-state index contributed by atoms with van der Waals surface area (Å²) in [6.45, 7) is 5.28. The molecule has 2 rings (SSSR count). The van der Waals surface area contributed by atoms with Crippen molar-refractivity contribution in [3.8, 4) is 0 Å². The highest BCUT2D eigenvalue weighted by Crippen LogP contribution is 2.40. The maximum atomic E-state index is 6.45. The predicted molar refractivity (Wildman–Crippen MR) is 87.7 cm³/mol. The zero-order valence-electron chi connectivity index (χ0n) is 12.3. The third-order valence-electron chi connectivity index (χ3n) is 4.21. The van der Waals surface area contributed by atoms with Gasteiger partial charge in [0.05, 0.1) is 0 Å². The maximum Gasteiger partial charge on any atom is 0.0468 e. The summed E-state index contributed by atoms with van der Waals surface area (Å²) in [7, 11) is 2.19. The minimum absolute atomic E-state index is 0.303. The number of nitrogens with one attached hydrogen (secondary N) is 1. The standard InChI is InChI=1S/C16H24Cl2N2/c1-3-19-11-12-7-4-5-10-20(2)16(12)15-13(17)8-6-9-14(15)18/h6,8-9,12,16,19H,3-5,7,10-11H2,1-2H3. The first-order valence-electron chi connectivity index (χ1n) is 7.50. The molecule has 0 radical (unpaired) electrons. The van der Waals surface area contributed by atoms with E-state index >= 15 is 0 Å². The molecule has 1 fully saturated rings. The Labute approximate surface area is 132 Å². The van der Waals surface area contributed by atoms with Crippen LogP contribution in [-0.4, -0.2) is 31.6 Å². The fraction of sp³-hybridized carbons (Fsp3) is 0.625. The molecule has 1 aliphatic heterocycles. The van der Waals surface area contributed by atoms with Crippen LogP contribution < -0.4 is 5.32 Å². The summed E-state index contributed by atoms with van der Waals surface area (Å²) in [5, 5.41) is 5.07. The molecule has 1 heterocycles. The smallest absolute Gasteiger partial charge is 0.0468 e. The van der Waals surface area contributed by atoms with Crippen molar-refractivity contribution >= 4 is 23.2 Å². The average Bonchev–Trinajstić information content (AvgIpc) is 2.59. The lowest BCUT2D eigenvalue weighted by molar-refractivity contribution is 0.190. The summed E-state index contributed by atoms with van der Waals surface area (Å²) >= 11 is 12.9. The molecule has 1 aromatic carbocycles. The van der Waals surface area contributed by atoms with Crippen molar-refractivity contribution in [2.75, 3.05) is 26.7 Å². The van der Waals surface area contributed by atoms with Crippen molar-refractivity contribution in [2.45, 2.75) is 32.2 Å². The first-order valence-corrected chi connectivity index (χ1v) is 8.25. The van der Waals surface area contributed by atoms with Crippen molar-refractivity contribution in [3.05, 3.63) is 33.8 Å². The van der Waals surface area contributed by atoms with E-state index in [2.05, 4.69) is 24.2 Å². The Morgan fingerprint density at radius 2 is 1.95 bits per heavy atom. The van der Waals surface area contributed by atoms with Crippen molar-refractivity contribution < 1.29 is 0 Å². The molecule has 2 atom stereocenters. The predicted octanol–water partition coefficient (Wildman–Crippen LogP) is 4.38. The van der Waals surface area contributed by atoms with E-state index in [1.807, 2.05) is 18.2 Å². The second-order valence-electron chi connectivity index (χ2n) is 5.62. The molecular weight excluding hydrogens is 291 g/mol. The number of rotatable bonds is 4. The Hall–Kier alpha value is -0.280. The minimum Gasteiger partial charge on any atom is -0.317 e. The Balaban J connectivity index is 2.35. The van der Waals surface area contributed by atoms with Gasteiger partial charge in [0.15, 0.2) is 0 Å². The molecule has 0 spiro atoms. The Morgan fingerprint density at radius 3 is 2.60 bits per heavy atom. The summed E-state index contributed by atoms with van der Waals surface area (Å²) in [5.41, 5.74) is 1.10. The second kappa shape index (κ2) is 7.65. The molecule has 1 N–H and O–H groups in total. The van der Waals surface area contributed by atoms with Crippen LogP contribution in [0.1, 0.15) is 37.8 Å². The zero-order chi connectivity index (χ0) is 14.5. The van der Waals surface area contributed by atoms with Gasteiger partial charge in [-0.05, 0) is 57.6 Å². The molecule has 0 bridgehead atoms. The molecule has 0 aliphatic carbocycles. The van der Waals surface area contributed by atoms with E-state index in [-0.39, 0.29) is 0 Å². The van der Waals surface area contributed by atoms with Crippen LogP contribution in [0.15, 0.2) is 18.2 Å². The number of benzene rings is 1. The Bertz CT molecular complexity index is 416. The highest BCUT2D eigenvalue weighted by atomic mass is 35.5. The zero-order valence-corrected chi connectivity index (χ0v) is 13.8. The highest BCUT2D eigenvalue weighted by molar-refractivity contribution is 6.36. The van der Waals surface area contributed by atoms with Crippen molar-refractivity contribution in [2.24, 2.45) is 5.92 Å². The van der Waals surface area contributed by atoms with Gasteiger partial charge in [0.1, 0.15) is 0 Å². The summed E-state index contributed by atoms with van der Waals surface area (Å²) in [5.74, 6) is 0.555. The van der Waals surface area contributed by atoms with Gasteiger partial charge in [-0.1, -0.05) is 42.6 Å². The maximum absolute atomic E-state index is 6.45. The van der Waals surface area contributed by atoms with Gasteiger partial charge in [-0.2, -0.15) is 0 Å². The number of hydrogen-bond acceptors (Lipinski definition) is 2. The van der Waals surface area contributed by atoms with E-state index in [0.29, 0.717) is 12.0 Å². The Kier molecular flexibility index (Phi) is 6.16. The quantitative estimate of drug-likeness (QED) is 0.887. The largest absolute Gasteiger partial charge is 0.317 e. The summed E-state index contributed by atoms with van der Waals surface area (Å²) < 4.78 is 0. The average molecular weight is 315 g/mol. The second-order valence-corrected chi connectivity index (χ2v) is 6.44. The first-order chi connectivity index (χ1) is 9.65. The van der Waals surface area contributed by atoms with Crippen LogP contribution in [0.3, 0.4) is 0 Å². The van der Waals surface area contributed by atoms with E-state index in [4.69, 9.17) is 23.2 Å². The van der Waals surface area contributed by atoms with Crippen molar-refractivity contribution in [3.63, 3.8) is 0 Å². The summed E-state index contributed by atoms with van der Waals surface area (Å²) in [6.07, 6.45) is 3.75. The molecule has 0 saturated carbocycles. The van der Waals surface area contributed by atoms with Crippen LogP contribution in [0.4, 0.5) is 0 Å². The molecular formula is C16H24Cl2N2. The third-order valence-corrected chi connectivity index (χ3v) is 4.87. The molecule has 2 unspecified atom stereocenters. The summed E-state index contributed by atoms with van der Waals surface area (Å²) in [6, 6.07) is 6.12. The van der Waals surface area contributed by atoms with E-state index in [1.54, 1.807) is 0 Å². The van der Waals surface area contributed by atoms with Gasteiger partial charge in [-0.15, -0.1) is 0 Å². The molecule has 2 nitrogen and oxygen atoms in total. The number of halogens is 2. The van der Waals surface area contributed by atoms with Crippen LogP contribution in [0.5, 0.6) is 0 Å². The van der Waals surface area contributed by atoms with Crippen molar-refractivity contribution in [1.29, 1.82) is 0 Å². The van der Waals surface area contributed by atoms with E-state index in [1.165, 1.54) is 19.3 Å². The number of nitrogens with zero attached hydrogens (tertiary/aromatic N) is 1. The van der Waals surface area contributed by atoms with Gasteiger partial charge >= 0.3 is 0 Å². The third kappa shape index (κ3) is 3.67. The van der Waals surface area contributed by atoms with Crippen molar-refractivity contribution in [1.82, 2.24) is 10.2 Å². The van der Waals surface area contributed by atoms with Crippen LogP contribution in [0.2, 0.25) is 10.0 Å². The Morgan fingerprint density at radius 1 is 1.25 bits per heavy atom. The van der Waals surface area contributed by atoms with Gasteiger partial charge in [0.25, 0.3) is 0 Å². The first kappa shape index (κ1) is 16.1. The van der Waals surface area contributed by atoms with Gasteiger partial charge < -0.3 is 5.32 Å². The lowest BCUT2D eigenvalue weighted by Gasteiger charge is -2.34. The van der Waals surface area contributed by atoms with E-state index < -0.39 is 0 Å². The molecule has 0 aromatic heterocycles. The van der Waals surface area contributed by atoms with Gasteiger partial charge in [-0.25, -0.2) is 0 Å². The van der Waals surface area contributed by atoms with Gasteiger partial charge in [0.2, 0.25) is 0 Å². The molecule has 20 heavy (non-hydrogen) atoms. The van der Waals surface area contributed by atoms with E-state index in [9.17, 15) is 0 Å². The fourth-order valence-corrected chi connectivity index (χ4v) is 3.84. The fourth-order valence-electron chi connectivity index (χ4n) is 3.22. The molecule has 1 saturated heterocycles. The monoisotopic (exact) mass is 314 g/mol. The van der Waals surface area contributed by atoms with Crippen LogP contribution >= 0.6 is 23.2 Å². The lowest BCUT2D eigenvalue weighted by Crippen LogP contribution is -2.35. The SMILES string of the molecule is CCNCC1CCCCN(C)C1c1c(Cl)cccc1Cl. The highest BCUT2D eigenvalue weighted by Gasteiger charge is 2.31. The summed E-state index contributed by atoms with van der Waals surface area (Å²) in [4.78, 5) is 2.42. The normalized spacial score (nSPS) is 24.6. The van der Waals surface area contributed by atoms with Gasteiger partial charge in [-0.3, -0.25) is 4.90 Å². The van der Waals surface area contributed by atoms with E-state index in [0.717, 1.165) is 35.2 Å². The van der Waals surface area contributed by atoms with Crippen LogP contribution in [0.25, 0.3) is 0 Å². The molecule has 0 amide bonds. The molecule has 112 valence electrons. The number of hydrogen-bond donors (Lipinski definition) is 1. The number of likely N-dealkylation sites (tertiary alicyclic amines) is 1. The molecule has 1 aromatic rings. The molecule has 4 heteroatoms.